The van der Waals surface area contributed by atoms with Crippen molar-refractivity contribution in [2.45, 2.75) is 32.9 Å². The highest BCUT2D eigenvalue weighted by molar-refractivity contribution is 5.27. The molecule has 1 atom stereocenters. The zero-order chi connectivity index (χ0) is 14.2. The van der Waals surface area contributed by atoms with Crippen LogP contribution in [0.5, 0.6) is 5.75 Å². The molecule has 0 fully saturated rings. The molecule has 0 saturated heterocycles. The fraction of sp³-hybridized carbons (Fsp3) is 0.333. The Hall–Kier alpha value is -1.80. The van der Waals surface area contributed by atoms with Crippen LogP contribution >= 0.6 is 0 Å². The first-order chi connectivity index (χ1) is 9.78. The molecule has 0 spiro atoms. The molecule has 20 heavy (non-hydrogen) atoms. The van der Waals surface area contributed by atoms with Crippen LogP contribution in [0.25, 0.3) is 0 Å². The third kappa shape index (κ3) is 4.71. The van der Waals surface area contributed by atoms with E-state index < -0.39 is 0 Å². The molecule has 1 unspecified atom stereocenters. The first-order valence-electron chi connectivity index (χ1n) is 7.28. The summed E-state index contributed by atoms with van der Waals surface area (Å²) in [7, 11) is 0. The standard InChI is InChI=1S/C18H23NO/c1-3-16-9-11-18(12-10-16)20-15(2)13-19-14-17-7-5-4-6-8-17/h4-12,15,19H,3,13-14H2,1-2H3. The van der Waals surface area contributed by atoms with Crippen molar-refractivity contribution in [2.24, 2.45) is 0 Å². The molecule has 0 aromatic heterocycles. The maximum Gasteiger partial charge on any atom is 0.119 e. The van der Waals surface area contributed by atoms with Crippen molar-refractivity contribution in [3.8, 4) is 5.75 Å². The van der Waals surface area contributed by atoms with E-state index in [1.165, 1.54) is 11.1 Å². The average molecular weight is 269 g/mol. The summed E-state index contributed by atoms with van der Waals surface area (Å²) in [5.74, 6) is 0.941. The molecule has 2 heteroatoms. The van der Waals surface area contributed by atoms with Gasteiger partial charge < -0.3 is 10.1 Å². The van der Waals surface area contributed by atoms with Gasteiger partial charge in [0.2, 0.25) is 0 Å². The Morgan fingerprint density at radius 3 is 2.30 bits per heavy atom. The molecule has 0 amide bonds. The van der Waals surface area contributed by atoms with Crippen LogP contribution in [0.2, 0.25) is 0 Å². The molecule has 1 N–H and O–H groups in total. The zero-order valence-electron chi connectivity index (χ0n) is 12.3. The molecule has 2 rings (SSSR count). The summed E-state index contributed by atoms with van der Waals surface area (Å²) in [6.45, 7) is 5.96. The fourth-order valence-corrected chi connectivity index (χ4v) is 2.09. The SMILES string of the molecule is CCc1ccc(OC(C)CNCc2ccccc2)cc1. The summed E-state index contributed by atoms with van der Waals surface area (Å²) < 4.78 is 5.89. The van der Waals surface area contributed by atoms with Gasteiger partial charge in [-0.05, 0) is 36.6 Å². The van der Waals surface area contributed by atoms with Gasteiger partial charge in [0.05, 0.1) is 0 Å². The van der Waals surface area contributed by atoms with Crippen molar-refractivity contribution >= 4 is 0 Å². The molecule has 0 aliphatic carbocycles. The minimum absolute atomic E-state index is 0.159. The number of hydrogen-bond donors (Lipinski definition) is 1. The molecule has 0 aliphatic heterocycles. The van der Waals surface area contributed by atoms with Gasteiger partial charge in [-0.15, -0.1) is 0 Å². The smallest absolute Gasteiger partial charge is 0.119 e. The second-order valence-corrected chi connectivity index (χ2v) is 5.04. The first-order valence-corrected chi connectivity index (χ1v) is 7.28. The lowest BCUT2D eigenvalue weighted by Gasteiger charge is -2.15. The van der Waals surface area contributed by atoms with Crippen molar-refractivity contribution in [1.82, 2.24) is 5.32 Å². The summed E-state index contributed by atoms with van der Waals surface area (Å²) in [5, 5.41) is 3.42. The number of rotatable bonds is 7. The molecule has 2 aromatic carbocycles. The zero-order valence-corrected chi connectivity index (χ0v) is 12.3. The lowest BCUT2D eigenvalue weighted by Crippen LogP contribution is -2.28. The van der Waals surface area contributed by atoms with Gasteiger partial charge in [0, 0.05) is 13.1 Å². The molecule has 0 aliphatic rings. The highest BCUT2D eigenvalue weighted by Gasteiger charge is 2.03. The van der Waals surface area contributed by atoms with E-state index in [2.05, 4.69) is 55.6 Å². The van der Waals surface area contributed by atoms with E-state index in [4.69, 9.17) is 4.74 Å². The average Bonchev–Trinajstić information content (AvgIpc) is 2.49. The second kappa shape index (κ2) is 7.71. The molecule has 2 nitrogen and oxygen atoms in total. The van der Waals surface area contributed by atoms with Crippen LogP contribution in [0.3, 0.4) is 0 Å². The molecule has 0 heterocycles. The van der Waals surface area contributed by atoms with Crippen LogP contribution in [-0.2, 0) is 13.0 Å². The molecule has 0 bridgehead atoms. The Bertz CT molecular complexity index is 493. The van der Waals surface area contributed by atoms with E-state index >= 15 is 0 Å². The van der Waals surface area contributed by atoms with Gasteiger partial charge in [-0.2, -0.15) is 0 Å². The van der Waals surface area contributed by atoms with Gasteiger partial charge in [0.25, 0.3) is 0 Å². The van der Waals surface area contributed by atoms with Gasteiger partial charge >= 0.3 is 0 Å². The number of hydrogen-bond acceptors (Lipinski definition) is 2. The molecule has 0 saturated carbocycles. The van der Waals surface area contributed by atoms with E-state index in [1.807, 2.05) is 18.2 Å². The molecule has 0 radical (unpaired) electrons. The predicted octanol–water partition coefficient (Wildman–Crippen LogP) is 3.81. The van der Waals surface area contributed by atoms with E-state index in [-0.39, 0.29) is 6.10 Å². The monoisotopic (exact) mass is 269 g/mol. The topological polar surface area (TPSA) is 21.3 Å². The van der Waals surface area contributed by atoms with Crippen LogP contribution < -0.4 is 10.1 Å². The van der Waals surface area contributed by atoms with E-state index in [0.717, 1.165) is 25.3 Å². The summed E-state index contributed by atoms with van der Waals surface area (Å²) in [5.41, 5.74) is 2.64. The predicted molar refractivity (Wildman–Crippen MR) is 84.1 cm³/mol. The Kier molecular flexibility index (Phi) is 5.63. The summed E-state index contributed by atoms with van der Waals surface area (Å²) in [4.78, 5) is 0. The van der Waals surface area contributed by atoms with Crippen LogP contribution in [0.15, 0.2) is 54.6 Å². The van der Waals surface area contributed by atoms with Crippen molar-refractivity contribution in [3.63, 3.8) is 0 Å². The lowest BCUT2D eigenvalue weighted by molar-refractivity contribution is 0.217. The Labute approximate surface area is 121 Å². The van der Waals surface area contributed by atoms with E-state index in [1.54, 1.807) is 0 Å². The van der Waals surface area contributed by atoms with E-state index in [0.29, 0.717) is 0 Å². The largest absolute Gasteiger partial charge is 0.489 e. The molecular weight excluding hydrogens is 246 g/mol. The Morgan fingerprint density at radius 1 is 0.950 bits per heavy atom. The summed E-state index contributed by atoms with van der Waals surface area (Å²) in [6.07, 6.45) is 1.22. The molecular formula is C18H23NO. The van der Waals surface area contributed by atoms with Crippen LogP contribution in [0.4, 0.5) is 0 Å². The van der Waals surface area contributed by atoms with Crippen molar-refractivity contribution < 1.29 is 4.74 Å². The number of ether oxygens (including phenoxy) is 1. The highest BCUT2D eigenvalue weighted by Crippen LogP contribution is 2.14. The van der Waals surface area contributed by atoms with Gasteiger partial charge in [-0.1, -0.05) is 49.4 Å². The quantitative estimate of drug-likeness (QED) is 0.825. The van der Waals surface area contributed by atoms with E-state index in [9.17, 15) is 0 Å². The Morgan fingerprint density at radius 2 is 1.65 bits per heavy atom. The van der Waals surface area contributed by atoms with Gasteiger partial charge in [-0.3, -0.25) is 0 Å². The number of aryl methyl sites for hydroxylation is 1. The highest BCUT2D eigenvalue weighted by atomic mass is 16.5. The fourth-order valence-electron chi connectivity index (χ4n) is 2.09. The normalized spacial score (nSPS) is 12.1. The number of nitrogens with one attached hydrogen (secondary N) is 1. The van der Waals surface area contributed by atoms with Crippen LogP contribution in [0, 0.1) is 0 Å². The maximum absolute atomic E-state index is 5.89. The second-order valence-electron chi connectivity index (χ2n) is 5.04. The minimum atomic E-state index is 0.159. The van der Waals surface area contributed by atoms with Gasteiger partial charge in [0.15, 0.2) is 0 Å². The van der Waals surface area contributed by atoms with Crippen LogP contribution in [-0.4, -0.2) is 12.6 Å². The third-order valence-corrected chi connectivity index (χ3v) is 3.27. The van der Waals surface area contributed by atoms with Crippen molar-refractivity contribution in [3.05, 3.63) is 65.7 Å². The van der Waals surface area contributed by atoms with Gasteiger partial charge in [-0.25, -0.2) is 0 Å². The lowest BCUT2D eigenvalue weighted by atomic mass is 10.2. The van der Waals surface area contributed by atoms with Gasteiger partial charge in [0.1, 0.15) is 11.9 Å². The Balaban J connectivity index is 1.73. The van der Waals surface area contributed by atoms with Crippen molar-refractivity contribution in [1.29, 1.82) is 0 Å². The number of benzene rings is 2. The maximum atomic E-state index is 5.89. The molecule has 2 aromatic rings. The third-order valence-electron chi connectivity index (χ3n) is 3.27. The molecule has 106 valence electrons. The minimum Gasteiger partial charge on any atom is -0.489 e. The van der Waals surface area contributed by atoms with Crippen molar-refractivity contribution in [2.75, 3.05) is 6.54 Å². The van der Waals surface area contributed by atoms with Crippen LogP contribution in [0.1, 0.15) is 25.0 Å². The first kappa shape index (κ1) is 14.6. The summed E-state index contributed by atoms with van der Waals surface area (Å²) in [6, 6.07) is 18.8. The summed E-state index contributed by atoms with van der Waals surface area (Å²) >= 11 is 0.